The van der Waals surface area contributed by atoms with Gasteiger partial charge in [0.25, 0.3) is 5.91 Å². The van der Waals surface area contributed by atoms with E-state index in [1.165, 1.54) is 4.90 Å². The lowest BCUT2D eigenvalue weighted by Gasteiger charge is -2.39. The second kappa shape index (κ2) is 8.15. The normalized spacial score (nSPS) is 17.2. The number of hydrogen-bond acceptors (Lipinski definition) is 4. The first kappa shape index (κ1) is 19.0. The summed E-state index contributed by atoms with van der Waals surface area (Å²) in [4.78, 5) is 26.2. The zero-order chi connectivity index (χ0) is 18.4. The monoisotopic (exact) mass is 342 g/mol. The van der Waals surface area contributed by atoms with Gasteiger partial charge in [-0.2, -0.15) is 5.26 Å². The van der Waals surface area contributed by atoms with E-state index in [1.807, 2.05) is 31.2 Å². The Bertz CT molecular complexity index is 655. The van der Waals surface area contributed by atoms with Crippen LogP contribution in [0, 0.1) is 18.3 Å². The Morgan fingerprint density at radius 2 is 1.84 bits per heavy atom. The largest absolute Gasteiger partial charge is 0.452 e. The maximum atomic E-state index is 12.6. The van der Waals surface area contributed by atoms with Crippen LogP contribution in [0.15, 0.2) is 24.3 Å². The Hall–Kier alpha value is -2.35. The highest BCUT2D eigenvalue weighted by Crippen LogP contribution is 2.32. The second-order valence-corrected chi connectivity index (χ2v) is 6.90. The number of rotatable bonds is 5. The zero-order valence-corrected chi connectivity index (χ0v) is 15.2. The Balaban J connectivity index is 1.95. The van der Waals surface area contributed by atoms with Crippen LogP contribution in [0.25, 0.3) is 0 Å². The summed E-state index contributed by atoms with van der Waals surface area (Å²) < 4.78 is 5.31. The molecule has 0 saturated heterocycles. The zero-order valence-electron chi connectivity index (χ0n) is 15.2. The Kier molecular flexibility index (Phi) is 6.19. The third-order valence-electron chi connectivity index (χ3n) is 4.99. The van der Waals surface area contributed by atoms with Gasteiger partial charge in [-0.15, -0.1) is 0 Å². The Morgan fingerprint density at radius 3 is 2.40 bits per heavy atom. The van der Waals surface area contributed by atoms with Crippen LogP contribution < -0.4 is 0 Å². The van der Waals surface area contributed by atoms with Crippen molar-refractivity contribution in [3.63, 3.8) is 0 Å². The van der Waals surface area contributed by atoms with Crippen LogP contribution in [0.4, 0.5) is 0 Å². The highest BCUT2D eigenvalue weighted by atomic mass is 16.5. The van der Waals surface area contributed by atoms with Gasteiger partial charge in [-0.25, -0.2) is 0 Å². The topological polar surface area (TPSA) is 70.4 Å². The molecule has 1 fully saturated rings. The van der Waals surface area contributed by atoms with Crippen LogP contribution in [0.2, 0.25) is 0 Å². The van der Waals surface area contributed by atoms with E-state index in [0.29, 0.717) is 12.8 Å². The number of benzene rings is 1. The average Bonchev–Trinajstić information content (AvgIpc) is 2.62. The molecule has 0 unspecified atom stereocenters. The van der Waals surface area contributed by atoms with Crippen molar-refractivity contribution in [1.82, 2.24) is 4.90 Å². The molecule has 0 N–H and O–H groups in total. The summed E-state index contributed by atoms with van der Waals surface area (Å²) >= 11 is 0. The van der Waals surface area contributed by atoms with E-state index in [1.54, 1.807) is 14.0 Å². The average molecular weight is 342 g/mol. The van der Waals surface area contributed by atoms with Crippen LogP contribution in [-0.4, -0.2) is 35.5 Å². The number of carbonyl (C=O) groups is 2. The van der Waals surface area contributed by atoms with Crippen molar-refractivity contribution >= 4 is 11.9 Å². The van der Waals surface area contributed by atoms with Gasteiger partial charge in [-0.1, -0.05) is 49.1 Å². The fraction of sp³-hybridized carbons (Fsp3) is 0.550. The van der Waals surface area contributed by atoms with E-state index in [2.05, 4.69) is 6.07 Å². The van der Waals surface area contributed by atoms with E-state index >= 15 is 0 Å². The summed E-state index contributed by atoms with van der Waals surface area (Å²) in [6.45, 7) is 3.55. The van der Waals surface area contributed by atoms with Gasteiger partial charge in [0.2, 0.25) is 0 Å². The molecular formula is C20H26N2O3. The van der Waals surface area contributed by atoms with Crippen molar-refractivity contribution in [2.45, 2.75) is 64.0 Å². The van der Waals surface area contributed by atoms with Crippen molar-refractivity contribution in [3.8, 4) is 6.07 Å². The number of hydrogen-bond donors (Lipinski definition) is 0. The lowest BCUT2D eigenvalue weighted by molar-refractivity contribution is -0.160. The number of carbonyl (C=O) groups excluding carboxylic acids is 2. The van der Waals surface area contributed by atoms with Gasteiger partial charge in [0.15, 0.2) is 6.10 Å². The molecule has 5 nitrogen and oxygen atoms in total. The molecule has 0 spiro atoms. The quantitative estimate of drug-likeness (QED) is 0.771. The predicted octanol–water partition coefficient (Wildman–Crippen LogP) is 3.15. The molecule has 1 aliphatic carbocycles. The first-order valence-electron chi connectivity index (χ1n) is 8.82. The van der Waals surface area contributed by atoms with Gasteiger partial charge >= 0.3 is 5.97 Å². The van der Waals surface area contributed by atoms with E-state index in [-0.39, 0.29) is 12.3 Å². The number of ether oxygens (including phenoxy) is 1. The highest BCUT2D eigenvalue weighted by Gasteiger charge is 2.40. The van der Waals surface area contributed by atoms with Gasteiger partial charge in [0.05, 0.1) is 12.5 Å². The fourth-order valence-corrected chi connectivity index (χ4v) is 3.30. The van der Waals surface area contributed by atoms with Crippen LogP contribution in [0.5, 0.6) is 0 Å². The minimum absolute atomic E-state index is 0.130. The first-order valence-corrected chi connectivity index (χ1v) is 8.82. The molecule has 5 heteroatoms. The lowest BCUT2D eigenvalue weighted by Crippen LogP contribution is -2.53. The van der Waals surface area contributed by atoms with Gasteiger partial charge in [0.1, 0.15) is 5.54 Å². The van der Waals surface area contributed by atoms with Crippen LogP contribution in [0.1, 0.15) is 50.2 Å². The third-order valence-corrected chi connectivity index (χ3v) is 4.99. The summed E-state index contributed by atoms with van der Waals surface area (Å²) in [5, 5.41) is 9.59. The molecule has 0 aromatic heterocycles. The molecule has 2 rings (SSSR count). The van der Waals surface area contributed by atoms with Crippen molar-refractivity contribution in [2.75, 3.05) is 7.05 Å². The van der Waals surface area contributed by atoms with Crippen LogP contribution in [-0.2, 0) is 20.7 Å². The number of aryl methyl sites for hydroxylation is 1. The molecule has 1 aromatic rings. The van der Waals surface area contributed by atoms with E-state index in [4.69, 9.17) is 4.74 Å². The molecule has 134 valence electrons. The fourth-order valence-electron chi connectivity index (χ4n) is 3.30. The molecule has 1 saturated carbocycles. The van der Waals surface area contributed by atoms with Gasteiger partial charge in [0, 0.05) is 7.05 Å². The van der Waals surface area contributed by atoms with E-state index in [0.717, 1.165) is 30.4 Å². The minimum Gasteiger partial charge on any atom is -0.452 e. The van der Waals surface area contributed by atoms with Crippen molar-refractivity contribution in [2.24, 2.45) is 0 Å². The molecule has 0 heterocycles. The molecule has 25 heavy (non-hydrogen) atoms. The smallest absolute Gasteiger partial charge is 0.311 e. The molecular weight excluding hydrogens is 316 g/mol. The minimum atomic E-state index is -0.893. The summed E-state index contributed by atoms with van der Waals surface area (Å²) in [5.74, 6) is -0.756. The number of esters is 1. The Morgan fingerprint density at radius 1 is 1.24 bits per heavy atom. The molecule has 1 atom stereocenters. The SMILES string of the molecule is Cc1ccc(CC(=O)O[C@H](C)C(=O)N(C)C2(C#N)CCCCC2)cc1. The molecule has 1 aliphatic rings. The molecule has 1 amide bonds. The lowest BCUT2D eigenvalue weighted by atomic mass is 9.81. The maximum absolute atomic E-state index is 12.6. The molecule has 0 bridgehead atoms. The number of nitrogens with zero attached hydrogens (tertiary/aromatic N) is 2. The van der Waals surface area contributed by atoms with E-state index in [9.17, 15) is 14.9 Å². The van der Waals surface area contributed by atoms with Crippen molar-refractivity contribution in [3.05, 3.63) is 35.4 Å². The van der Waals surface area contributed by atoms with Gasteiger partial charge < -0.3 is 9.64 Å². The third kappa shape index (κ3) is 4.60. The first-order chi connectivity index (χ1) is 11.9. The van der Waals surface area contributed by atoms with E-state index < -0.39 is 17.6 Å². The Labute approximate surface area is 149 Å². The number of likely N-dealkylation sites (N-methyl/N-ethyl adjacent to an activating group) is 1. The van der Waals surface area contributed by atoms with Crippen LogP contribution in [0.3, 0.4) is 0 Å². The highest BCUT2D eigenvalue weighted by molar-refractivity contribution is 5.84. The molecule has 0 radical (unpaired) electrons. The van der Waals surface area contributed by atoms with Crippen LogP contribution >= 0.6 is 0 Å². The van der Waals surface area contributed by atoms with Gasteiger partial charge in [-0.3, -0.25) is 9.59 Å². The maximum Gasteiger partial charge on any atom is 0.311 e. The van der Waals surface area contributed by atoms with Gasteiger partial charge in [-0.05, 0) is 32.3 Å². The summed E-state index contributed by atoms with van der Waals surface area (Å²) in [6, 6.07) is 9.94. The summed E-state index contributed by atoms with van der Waals surface area (Å²) in [6.07, 6.45) is 3.55. The predicted molar refractivity (Wildman–Crippen MR) is 94.6 cm³/mol. The standard InChI is InChI=1S/C20H26N2O3/c1-15-7-9-17(10-8-15)13-18(23)25-16(2)19(24)22(3)20(14-21)11-5-4-6-12-20/h7-10,16H,4-6,11-13H2,1-3H3/t16-/m1/s1. The van der Waals surface area contributed by atoms with Crippen molar-refractivity contribution < 1.29 is 14.3 Å². The second-order valence-electron chi connectivity index (χ2n) is 6.90. The molecule has 1 aromatic carbocycles. The van der Waals surface area contributed by atoms with Crippen molar-refractivity contribution in [1.29, 1.82) is 5.26 Å². The number of nitriles is 1. The number of amides is 1. The summed E-state index contributed by atoms with van der Waals surface area (Å²) in [7, 11) is 1.64. The molecule has 0 aliphatic heterocycles. The summed E-state index contributed by atoms with van der Waals surface area (Å²) in [5.41, 5.74) is 1.20.